The highest BCUT2D eigenvalue weighted by molar-refractivity contribution is 5.78. The summed E-state index contributed by atoms with van der Waals surface area (Å²) in [7, 11) is 0. The summed E-state index contributed by atoms with van der Waals surface area (Å²) in [6.07, 6.45) is -7.41. The predicted octanol–water partition coefficient (Wildman–Crippen LogP) is -2.93. The first-order valence-corrected chi connectivity index (χ1v) is 5.62. The molecule has 0 saturated carbocycles. The van der Waals surface area contributed by atoms with E-state index < -0.39 is 49.3 Å². The van der Waals surface area contributed by atoms with Crippen LogP contribution in [0.15, 0.2) is 0 Å². The Labute approximate surface area is 104 Å². The molecule has 0 spiro atoms. The van der Waals surface area contributed by atoms with Crippen LogP contribution in [0.3, 0.4) is 0 Å². The molecule has 4 unspecified atom stereocenters. The lowest BCUT2D eigenvalue weighted by Gasteiger charge is -2.26. The van der Waals surface area contributed by atoms with Crippen LogP contribution < -0.4 is 5.73 Å². The minimum Gasteiger partial charge on any atom is -0.394 e. The van der Waals surface area contributed by atoms with E-state index in [1.165, 1.54) is 6.92 Å². The van der Waals surface area contributed by atoms with Crippen molar-refractivity contribution in [2.45, 2.75) is 50.2 Å². The van der Waals surface area contributed by atoms with Crippen molar-refractivity contribution in [3.05, 3.63) is 0 Å². The molecule has 0 aromatic rings. The van der Waals surface area contributed by atoms with Gasteiger partial charge in [-0.1, -0.05) is 0 Å². The summed E-state index contributed by atoms with van der Waals surface area (Å²) in [6, 6.07) is 0. The van der Waals surface area contributed by atoms with Crippen LogP contribution in [-0.4, -0.2) is 69.8 Å². The van der Waals surface area contributed by atoms with Crippen molar-refractivity contribution in [3.63, 3.8) is 0 Å². The highest BCUT2D eigenvalue weighted by atomic mass is 16.7. The van der Waals surface area contributed by atoms with Gasteiger partial charge in [0.2, 0.25) is 5.91 Å². The number of rotatable bonds is 4. The second-order valence-corrected chi connectivity index (χ2v) is 4.27. The maximum atomic E-state index is 10.9. The molecule has 1 heterocycles. The molecule has 1 fully saturated rings. The Bertz CT molecular complexity index is 287. The van der Waals surface area contributed by atoms with Crippen LogP contribution in [-0.2, 0) is 14.3 Å². The molecule has 0 bridgehead atoms. The second kappa shape index (κ2) is 6.41. The van der Waals surface area contributed by atoms with E-state index in [1.54, 1.807) is 0 Å². The Balaban J connectivity index is 2.74. The Kier molecular flexibility index (Phi) is 5.45. The van der Waals surface area contributed by atoms with Crippen molar-refractivity contribution in [3.8, 4) is 0 Å². The Morgan fingerprint density at radius 3 is 2.56 bits per heavy atom. The molecule has 18 heavy (non-hydrogen) atoms. The SMILES string of the molecule is CC(O[C@H]1OC(CO)[C@@H](O)C(O)CC1O)C(N)=O. The molecule has 0 radical (unpaired) electrons. The van der Waals surface area contributed by atoms with Crippen molar-refractivity contribution in [1.82, 2.24) is 0 Å². The maximum Gasteiger partial charge on any atom is 0.246 e. The lowest BCUT2D eigenvalue weighted by atomic mass is 10.0. The van der Waals surface area contributed by atoms with Gasteiger partial charge in [0, 0.05) is 6.42 Å². The Morgan fingerprint density at radius 1 is 1.44 bits per heavy atom. The second-order valence-electron chi connectivity index (χ2n) is 4.27. The Hall–Kier alpha value is -0.770. The van der Waals surface area contributed by atoms with Crippen molar-refractivity contribution in [2.75, 3.05) is 6.61 Å². The number of primary amides is 1. The van der Waals surface area contributed by atoms with Gasteiger partial charge in [0.05, 0.1) is 12.7 Å². The zero-order valence-electron chi connectivity index (χ0n) is 9.97. The van der Waals surface area contributed by atoms with Crippen LogP contribution in [0, 0.1) is 0 Å². The topological polar surface area (TPSA) is 142 Å². The van der Waals surface area contributed by atoms with Crippen LogP contribution >= 0.6 is 0 Å². The first-order valence-electron chi connectivity index (χ1n) is 5.62. The minimum absolute atomic E-state index is 0.201. The summed E-state index contributed by atoms with van der Waals surface area (Å²) < 4.78 is 10.2. The number of ether oxygens (including phenoxy) is 2. The van der Waals surface area contributed by atoms with Gasteiger partial charge in [0.15, 0.2) is 6.29 Å². The predicted molar refractivity (Wildman–Crippen MR) is 58.1 cm³/mol. The molecule has 106 valence electrons. The van der Waals surface area contributed by atoms with Gasteiger partial charge in [-0.05, 0) is 6.92 Å². The number of aliphatic hydroxyl groups excluding tert-OH is 4. The average Bonchev–Trinajstić information content (AvgIpc) is 2.40. The lowest BCUT2D eigenvalue weighted by Crippen LogP contribution is -2.42. The van der Waals surface area contributed by atoms with Crippen LogP contribution in [0.25, 0.3) is 0 Å². The van der Waals surface area contributed by atoms with E-state index in [-0.39, 0.29) is 6.42 Å². The molecular formula is C10H19NO7. The zero-order chi connectivity index (χ0) is 13.9. The number of hydrogen-bond donors (Lipinski definition) is 5. The van der Waals surface area contributed by atoms with Gasteiger partial charge in [0.1, 0.15) is 24.4 Å². The van der Waals surface area contributed by atoms with Crippen LogP contribution in [0.5, 0.6) is 0 Å². The monoisotopic (exact) mass is 265 g/mol. The molecular weight excluding hydrogens is 246 g/mol. The van der Waals surface area contributed by atoms with E-state index in [0.29, 0.717) is 0 Å². The van der Waals surface area contributed by atoms with E-state index in [0.717, 1.165) is 0 Å². The van der Waals surface area contributed by atoms with Crippen LogP contribution in [0.2, 0.25) is 0 Å². The first-order chi connectivity index (χ1) is 8.36. The Morgan fingerprint density at radius 2 is 2.06 bits per heavy atom. The van der Waals surface area contributed by atoms with Crippen molar-refractivity contribution < 1.29 is 34.7 Å². The number of carbonyl (C=O) groups excluding carboxylic acids is 1. The van der Waals surface area contributed by atoms with Gasteiger partial charge in [-0.15, -0.1) is 0 Å². The van der Waals surface area contributed by atoms with Gasteiger partial charge in [-0.2, -0.15) is 0 Å². The molecule has 0 aromatic heterocycles. The van der Waals surface area contributed by atoms with Gasteiger partial charge >= 0.3 is 0 Å². The third-order valence-electron chi connectivity index (χ3n) is 2.80. The summed E-state index contributed by atoms with van der Waals surface area (Å²) in [6.45, 7) is 0.819. The van der Waals surface area contributed by atoms with E-state index >= 15 is 0 Å². The zero-order valence-corrected chi connectivity index (χ0v) is 9.97. The van der Waals surface area contributed by atoms with Crippen molar-refractivity contribution in [1.29, 1.82) is 0 Å². The molecule has 6 N–H and O–H groups in total. The molecule has 0 aromatic carbocycles. The summed E-state index contributed by atoms with van der Waals surface area (Å²) in [4.78, 5) is 10.9. The third kappa shape index (κ3) is 3.61. The van der Waals surface area contributed by atoms with E-state index in [9.17, 15) is 20.1 Å². The molecule has 1 rings (SSSR count). The average molecular weight is 265 g/mol. The fourth-order valence-corrected chi connectivity index (χ4v) is 1.63. The van der Waals surface area contributed by atoms with Crippen molar-refractivity contribution in [2.24, 2.45) is 5.73 Å². The van der Waals surface area contributed by atoms with Gasteiger partial charge in [0.25, 0.3) is 0 Å². The summed E-state index contributed by atoms with van der Waals surface area (Å²) in [5.41, 5.74) is 5.01. The van der Waals surface area contributed by atoms with Crippen LogP contribution in [0.4, 0.5) is 0 Å². The smallest absolute Gasteiger partial charge is 0.246 e. The number of amides is 1. The first kappa shape index (κ1) is 15.3. The third-order valence-corrected chi connectivity index (χ3v) is 2.80. The summed E-state index contributed by atoms with van der Waals surface area (Å²) >= 11 is 0. The molecule has 8 nitrogen and oxygen atoms in total. The molecule has 1 saturated heterocycles. The van der Waals surface area contributed by atoms with Gasteiger partial charge in [-0.3, -0.25) is 4.79 Å². The molecule has 1 aliphatic rings. The summed E-state index contributed by atoms with van der Waals surface area (Å²) in [5, 5.41) is 37.9. The molecule has 8 heteroatoms. The van der Waals surface area contributed by atoms with E-state index in [1.807, 2.05) is 0 Å². The largest absolute Gasteiger partial charge is 0.394 e. The quantitative estimate of drug-likeness (QED) is 0.366. The fourth-order valence-electron chi connectivity index (χ4n) is 1.63. The number of hydrogen-bond acceptors (Lipinski definition) is 7. The number of aliphatic hydroxyl groups is 4. The fraction of sp³-hybridized carbons (Fsp3) is 0.900. The lowest BCUT2D eigenvalue weighted by molar-refractivity contribution is -0.237. The maximum absolute atomic E-state index is 10.9. The minimum atomic E-state index is -1.35. The standard InChI is InChI=1S/C10H19NO7/c1-4(9(11)16)17-10-6(14)2-5(13)8(15)7(3-12)18-10/h4-8,10,12-15H,2-3H2,1H3,(H2,11,16)/t4?,5?,6?,7?,8-,10-/m0/s1. The van der Waals surface area contributed by atoms with Crippen molar-refractivity contribution >= 4 is 5.91 Å². The number of nitrogens with two attached hydrogens (primary N) is 1. The molecule has 1 amide bonds. The highest BCUT2D eigenvalue weighted by Crippen LogP contribution is 2.22. The van der Waals surface area contributed by atoms with E-state index in [4.69, 9.17) is 20.3 Å². The van der Waals surface area contributed by atoms with Crippen LogP contribution in [0.1, 0.15) is 13.3 Å². The summed E-state index contributed by atoms with van der Waals surface area (Å²) in [5.74, 6) is -0.739. The molecule has 6 atom stereocenters. The normalized spacial score (nSPS) is 39.1. The molecule has 1 aliphatic heterocycles. The molecule has 0 aliphatic carbocycles. The van der Waals surface area contributed by atoms with Gasteiger partial charge in [-0.25, -0.2) is 0 Å². The van der Waals surface area contributed by atoms with E-state index in [2.05, 4.69) is 0 Å². The van der Waals surface area contributed by atoms with Gasteiger partial charge < -0.3 is 35.6 Å². The number of carbonyl (C=O) groups is 1. The highest BCUT2D eigenvalue weighted by Gasteiger charge is 2.39.